The van der Waals surface area contributed by atoms with E-state index in [2.05, 4.69) is 19.2 Å². The van der Waals surface area contributed by atoms with Crippen LogP contribution in [0.2, 0.25) is 0 Å². The van der Waals surface area contributed by atoms with Gasteiger partial charge in [-0.3, -0.25) is 9.59 Å². The summed E-state index contributed by atoms with van der Waals surface area (Å²) in [5, 5.41) is 3.08. The summed E-state index contributed by atoms with van der Waals surface area (Å²) >= 11 is 0. The maximum atomic E-state index is 13.3. The Morgan fingerprint density at radius 2 is 1.76 bits per heavy atom. The monoisotopic (exact) mass is 342 g/mol. The molecule has 0 spiro atoms. The van der Waals surface area contributed by atoms with Crippen molar-refractivity contribution >= 4 is 11.8 Å². The van der Waals surface area contributed by atoms with Crippen LogP contribution in [0.1, 0.15) is 57.9 Å². The zero-order valence-corrected chi connectivity index (χ0v) is 15.4. The van der Waals surface area contributed by atoms with Crippen LogP contribution in [0.25, 0.3) is 0 Å². The van der Waals surface area contributed by atoms with Gasteiger partial charge in [-0.1, -0.05) is 63.4 Å². The van der Waals surface area contributed by atoms with Crippen LogP contribution in [0.5, 0.6) is 0 Å². The van der Waals surface area contributed by atoms with Gasteiger partial charge in [-0.2, -0.15) is 0 Å². The van der Waals surface area contributed by atoms with Gasteiger partial charge < -0.3 is 10.2 Å². The van der Waals surface area contributed by atoms with Crippen molar-refractivity contribution < 1.29 is 9.59 Å². The van der Waals surface area contributed by atoms with Crippen molar-refractivity contribution in [2.24, 2.45) is 11.8 Å². The van der Waals surface area contributed by atoms with E-state index in [4.69, 9.17) is 0 Å². The summed E-state index contributed by atoms with van der Waals surface area (Å²) in [6, 6.07) is 9.32. The molecule has 2 amide bonds. The molecular formula is C21H30N2O2. The molecule has 1 N–H and O–H groups in total. The fourth-order valence-electron chi connectivity index (χ4n) is 4.22. The standard InChI is InChI=1S/C21H30N2O2/c1-15(2)13-18-20(24)22-19(17-11-7-4-8-12-17)21(25)23(18)14-16-9-5-3-6-10-16/h3,5-6,9-10,15,17-19H,4,7-8,11-14H2,1-2H3,(H,22,24). The van der Waals surface area contributed by atoms with E-state index >= 15 is 0 Å². The van der Waals surface area contributed by atoms with E-state index in [1.54, 1.807) is 0 Å². The minimum Gasteiger partial charge on any atom is -0.342 e. The first-order chi connectivity index (χ1) is 12.1. The van der Waals surface area contributed by atoms with Gasteiger partial charge in [-0.25, -0.2) is 0 Å². The number of hydrogen-bond donors (Lipinski definition) is 1. The number of nitrogens with zero attached hydrogens (tertiary/aromatic N) is 1. The molecule has 1 heterocycles. The number of carbonyl (C=O) groups is 2. The number of hydrogen-bond acceptors (Lipinski definition) is 2. The Labute approximate surface area is 151 Å². The van der Waals surface area contributed by atoms with Crippen LogP contribution in [-0.4, -0.2) is 28.8 Å². The second-order valence-corrected chi connectivity index (χ2v) is 7.98. The van der Waals surface area contributed by atoms with Crippen LogP contribution in [-0.2, 0) is 16.1 Å². The fraction of sp³-hybridized carbons (Fsp3) is 0.619. The SMILES string of the molecule is CC(C)CC1C(=O)NC(C2CCCCC2)C(=O)N1Cc1ccccc1. The lowest BCUT2D eigenvalue weighted by molar-refractivity contribution is -0.152. The number of carbonyl (C=O) groups excluding carboxylic acids is 2. The summed E-state index contributed by atoms with van der Waals surface area (Å²) in [6.45, 7) is 4.73. The molecule has 3 rings (SSSR count). The summed E-state index contributed by atoms with van der Waals surface area (Å²) < 4.78 is 0. The third kappa shape index (κ3) is 4.23. The van der Waals surface area contributed by atoms with E-state index in [9.17, 15) is 9.59 Å². The van der Waals surface area contributed by atoms with Crippen LogP contribution in [0, 0.1) is 11.8 Å². The highest BCUT2D eigenvalue weighted by Gasteiger charge is 2.43. The number of piperazine rings is 1. The molecule has 0 aromatic heterocycles. The van der Waals surface area contributed by atoms with E-state index < -0.39 is 0 Å². The van der Waals surface area contributed by atoms with Gasteiger partial charge in [-0.15, -0.1) is 0 Å². The van der Waals surface area contributed by atoms with Gasteiger partial charge >= 0.3 is 0 Å². The smallest absolute Gasteiger partial charge is 0.246 e. The zero-order chi connectivity index (χ0) is 17.8. The van der Waals surface area contributed by atoms with Crippen LogP contribution < -0.4 is 5.32 Å². The summed E-state index contributed by atoms with van der Waals surface area (Å²) in [6.07, 6.45) is 6.38. The average Bonchev–Trinajstić information content (AvgIpc) is 2.62. The highest BCUT2D eigenvalue weighted by molar-refractivity contribution is 5.97. The molecule has 1 saturated heterocycles. The molecule has 0 bridgehead atoms. The van der Waals surface area contributed by atoms with Gasteiger partial charge in [0.2, 0.25) is 11.8 Å². The third-order valence-electron chi connectivity index (χ3n) is 5.54. The molecule has 2 atom stereocenters. The third-order valence-corrected chi connectivity index (χ3v) is 5.54. The largest absolute Gasteiger partial charge is 0.342 e. The first kappa shape index (κ1) is 18.0. The first-order valence-corrected chi connectivity index (χ1v) is 9.71. The van der Waals surface area contributed by atoms with Crippen LogP contribution >= 0.6 is 0 Å². The summed E-state index contributed by atoms with van der Waals surface area (Å²) in [5.41, 5.74) is 1.08. The highest BCUT2D eigenvalue weighted by atomic mass is 16.2. The molecule has 0 radical (unpaired) electrons. The van der Waals surface area contributed by atoms with Crippen molar-refractivity contribution in [1.82, 2.24) is 10.2 Å². The van der Waals surface area contributed by atoms with Gasteiger partial charge in [0.25, 0.3) is 0 Å². The van der Waals surface area contributed by atoms with Gasteiger partial charge in [0.1, 0.15) is 12.1 Å². The maximum absolute atomic E-state index is 13.3. The van der Waals surface area contributed by atoms with Crippen molar-refractivity contribution in [2.45, 2.75) is 71.0 Å². The minimum absolute atomic E-state index is 0.0276. The maximum Gasteiger partial charge on any atom is 0.246 e. The quantitative estimate of drug-likeness (QED) is 0.890. The van der Waals surface area contributed by atoms with Crippen molar-refractivity contribution in [3.05, 3.63) is 35.9 Å². The van der Waals surface area contributed by atoms with E-state index in [-0.39, 0.29) is 23.9 Å². The van der Waals surface area contributed by atoms with Crippen molar-refractivity contribution in [3.63, 3.8) is 0 Å². The predicted octanol–water partition coefficient (Wildman–Crippen LogP) is 3.51. The first-order valence-electron chi connectivity index (χ1n) is 9.71. The molecule has 1 aliphatic carbocycles. The Hall–Kier alpha value is -1.84. The molecule has 1 aromatic carbocycles. The second kappa shape index (κ2) is 8.03. The lowest BCUT2D eigenvalue weighted by atomic mass is 9.81. The molecule has 2 unspecified atom stereocenters. The Bertz CT molecular complexity index is 593. The van der Waals surface area contributed by atoms with E-state index in [0.717, 1.165) is 18.4 Å². The van der Waals surface area contributed by atoms with Gasteiger partial charge in [0.15, 0.2) is 0 Å². The molecule has 4 nitrogen and oxygen atoms in total. The van der Waals surface area contributed by atoms with E-state index in [0.29, 0.717) is 24.8 Å². The topological polar surface area (TPSA) is 49.4 Å². The van der Waals surface area contributed by atoms with Crippen molar-refractivity contribution in [2.75, 3.05) is 0 Å². The fourth-order valence-corrected chi connectivity index (χ4v) is 4.22. The zero-order valence-electron chi connectivity index (χ0n) is 15.4. The van der Waals surface area contributed by atoms with E-state index in [1.165, 1.54) is 19.3 Å². The van der Waals surface area contributed by atoms with Crippen molar-refractivity contribution in [3.8, 4) is 0 Å². The van der Waals surface area contributed by atoms with Crippen molar-refractivity contribution in [1.29, 1.82) is 0 Å². The van der Waals surface area contributed by atoms with Gasteiger partial charge in [0.05, 0.1) is 0 Å². The molecular weight excluding hydrogens is 312 g/mol. The minimum atomic E-state index is -0.354. The van der Waals surface area contributed by atoms with Gasteiger partial charge in [0, 0.05) is 6.54 Å². The molecule has 136 valence electrons. The number of nitrogens with one attached hydrogen (secondary N) is 1. The van der Waals surface area contributed by atoms with Crippen LogP contribution in [0.4, 0.5) is 0 Å². The Balaban J connectivity index is 1.83. The molecule has 2 fully saturated rings. The average molecular weight is 342 g/mol. The summed E-state index contributed by atoms with van der Waals surface area (Å²) in [4.78, 5) is 27.9. The normalized spacial score (nSPS) is 25.3. The van der Waals surface area contributed by atoms with Gasteiger partial charge in [-0.05, 0) is 36.7 Å². The predicted molar refractivity (Wildman–Crippen MR) is 98.7 cm³/mol. The molecule has 25 heavy (non-hydrogen) atoms. The van der Waals surface area contributed by atoms with E-state index in [1.807, 2.05) is 35.2 Å². The number of amides is 2. The molecule has 1 aromatic rings. The Kier molecular flexibility index (Phi) is 5.77. The van der Waals surface area contributed by atoms with Crippen LogP contribution in [0.3, 0.4) is 0 Å². The lowest BCUT2D eigenvalue weighted by Crippen LogP contribution is -2.65. The lowest BCUT2D eigenvalue weighted by Gasteiger charge is -2.43. The number of rotatable bonds is 5. The molecule has 4 heteroatoms. The highest BCUT2D eigenvalue weighted by Crippen LogP contribution is 2.30. The summed E-state index contributed by atoms with van der Waals surface area (Å²) in [7, 11) is 0. The Morgan fingerprint density at radius 3 is 2.40 bits per heavy atom. The molecule has 1 saturated carbocycles. The van der Waals surface area contributed by atoms with Crippen LogP contribution in [0.15, 0.2) is 30.3 Å². The second-order valence-electron chi connectivity index (χ2n) is 7.98. The Morgan fingerprint density at radius 1 is 1.08 bits per heavy atom. The molecule has 1 aliphatic heterocycles. The summed E-state index contributed by atoms with van der Waals surface area (Å²) in [5.74, 6) is 0.803. The molecule has 2 aliphatic rings. The number of benzene rings is 1.